The Kier molecular flexibility index (Phi) is 2.89. The zero-order valence-electron chi connectivity index (χ0n) is 8.58. The Bertz CT molecular complexity index is 167. The van der Waals surface area contributed by atoms with Gasteiger partial charge in [0.1, 0.15) is 0 Å². The first-order chi connectivity index (χ1) is 6.33. The van der Waals surface area contributed by atoms with Crippen LogP contribution in [0.5, 0.6) is 0 Å². The fraction of sp³-hybridized carbons (Fsp3) is 1.00. The summed E-state index contributed by atoms with van der Waals surface area (Å²) in [7, 11) is 0. The van der Waals surface area contributed by atoms with Gasteiger partial charge >= 0.3 is 0 Å². The molecular formula is C11H21NO. The van der Waals surface area contributed by atoms with E-state index in [1.165, 1.54) is 38.6 Å². The SMILES string of the molecule is CCCN(C1CC1)C1CCCC1O. The highest BCUT2D eigenvalue weighted by molar-refractivity contribution is 4.93. The molecule has 0 aromatic heterocycles. The number of hydrogen-bond donors (Lipinski definition) is 1. The van der Waals surface area contributed by atoms with Gasteiger partial charge in [-0.05, 0) is 45.1 Å². The summed E-state index contributed by atoms with van der Waals surface area (Å²) in [5.41, 5.74) is 0. The molecule has 0 aromatic carbocycles. The van der Waals surface area contributed by atoms with Crippen molar-refractivity contribution in [2.45, 2.75) is 63.6 Å². The van der Waals surface area contributed by atoms with Crippen molar-refractivity contribution < 1.29 is 5.11 Å². The normalized spacial score (nSPS) is 34.4. The van der Waals surface area contributed by atoms with E-state index in [9.17, 15) is 5.11 Å². The lowest BCUT2D eigenvalue weighted by molar-refractivity contribution is 0.0655. The lowest BCUT2D eigenvalue weighted by Gasteiger charge is -2.30. The molecule has 0 heterocycles. The van der Waals surface area contributed by atoms with E-state index in [2.05, 4.69) is 11.8 Å². The maximum absolute atomic E-state index is 9.82. The van der Waals surface area contributed by atoms with Gasteiger partial charge in [0.25, 0.3) is 0 Å². The first-order valence-corrected chi connectivity index (χ1v) is 5.76. The molecule has 13 heavy (non-hydrogen) atoms. The Morgan fingerprint density at radius 2 is 2.00 bits per heavy atom. The van der Waals surface area contributed by atoms with Crippen LogP contribution < -0.4 is 0 Å². The van der Waals surface area contributed by atoms with Crippen molar-refractivity contribution >= 4 is 0 Å². The Morgan fingerprint density at radius 3 is 2.46 bits per heavy atom. The zero-order valence-corrected chi connectivity index (χ0v) is 8.58. The summed E-state index contributed by atoms with van der Waals surface area (Å²) < 4.78 is 0. The fourth-order valence-corrected chi connectivity index (χ4v) is 2.59. The van der Waals surface area contributed by atoms with Gasteiger partial charge in [-0.1, -0.05) is 6.92 Å². The topological polar surface area (TPSA) is 23.5 Å². The van der Waals surface area contributed by atoms with Crippen molar-refractivity contribution in [3.8, 4) is 0 Å². The Hall–Kier alpha value is -0.0800. The molecule has 0 aromatic rings. The third-order valence-electron chi connectivity index (χ3n) is 3.37. The highest BCUT2D eigenvalue weighted by Gasteiger charge is 2.38. The molecule has 2 saturated carbocycles. The van der Waals surface area contributed by atoms with E-state index in [1.807, 2.05) is 0 Å². The van der Waals surface area contributed by atoms with E-state index in [0.717, 1.165) is 12.5 Å². The average Bonchev–Trinajstić information content (AvgIpc) is 2.86. The van der Waals surface area contributed by atoms with Crippen molar-refractivity contribution in [3.05, 3.63) is 0 Å². The molecule has 0 spiro atoms. The van der Waals surface area contributed by atoms with Gasteiger partial charge < -0.3 is 5.11 Å². The molecule has 2 aliphatic carbocycles. The standard InChI is InChI=1S/C11H21NO/c1-2-8-12(9-6-7-9)10-4-3-5-11(10)13/h9-11,13H,2-8H2,1H3. The maximum Gasteiger partial charge on any atom is 0.0695 e. The van der Waals surface area contributed by atoms with Crippen LogP contribution in [0.1, 0.15) is 45.4 Å². The summed E-state index contributed by atoms with van der Waals surface area (Å²) >= 11 is 0. The van der Waals surface area contributed by atoms with Crippen LogP contribution in [-0.4, -0.2) is 34.7 Å². The summed E-state index contributed by atoms with van der Waals surface area (Å²) in [6.07, 6.45) is 7.38. The van der Waals surface area contributed by atoms with Crippen LogP contribution in [0.3, 0.4) is 0 Å². The molecule has 2 nitrogen and oxygen atoms in total. The molecule has 0 bridgehead atoms. The van der Waals surface area contributed by atoms with Crippen LogP contribution in [0.2, 0.25) is 0 Å². The summed E-state index contributed by atoms with van der Waals surface area (Å²) in [6, 6.07) is 1.31. The lowest BCUT2D eigenvalue weighted by Crippen LogP contribution is -2.42. The molecule has 2 heteroatoms. The fourth-order valence-electron chi connectivity index (χ4n) is 2.59. The Balaban J connectivity index is 1.92. The number of nitrogens with zero attached hydrogens (tertiary/aromatic N) is 1. The van der Waals surface area contributed by atoms with E-state index in [0.29, 0.717) is 6.04 Å². The molecule has 2 fully saturated rings. The molecule has 1 N–H and O–H groups in total. The first kappa shape index (κ1) is 9.47. The van der Waals surface area contributed by atoms with Gasteiger partial charge in [-0.2, -0.15) is 0 Å². The molecule has 0 aliphatic heterocycles. The second kappa shape index (κ2) is 3.97. The molecular weight excluding hydrogens is 162 g/mol. The summed E-state index contributed by atoms with van der Waals surface area (Å²) in [6.45, 7) is 3.42. The molecule has 2 unspecified atom stereocenters. The van der Waals surface area contributed by atoms with Gasteiger partial charge in [0, 0.05) is 12.1 Å². The van der Waals surface area contributed by atoms with Crippen LogP contribution in [0.25, 0.3) is 0 Å². The van der Waals surface area contributed by atoms with E-state index in [1.54, 1.807) is 0 Å². The second-order valence-electron chi connectivity index (χ2n) is 4.53. The predicted octanol–water partition coefficient (Wildman–Crippen LogP) is 1.77. The van der Waals surface area contributed by atoms with Crippen molar-refractivity contribution in [2.24, 2.45) is 0 Å². The molecule has 76 valence electrons. The molecule has 2 aliphatic rings. The van der Waals surface area contributed by atoms with Gasteiger partial charge in [0.05, 0.1) is 6.10 Å². The van der Waals surface area contributed by atoms with Crippen LogP contribution in [0, 0.1) is 0 Å². The van der Waals surface area contributed by atoms with Crippen LogP contribution in [-0.2, 0) is 0 Å². The molecule has 2 rings (SSSR count). The quantitative estimate of drug-likeness (QED) is 0.718. The zero-order chi connectivity index (χ0) is 9.26. The minimum atomic E-state index is -0.0350. The highest BCUT2D eigenvalue weighted by atomic mass is 16.3. The van der Waals surface area contributed by atoms with Gasteiger partial charge in [-0.15, -0.1) is 0 Å². The van der Waals surface area contributed by atoms with E-state index in [4.69, 9.17) is 0 Å². The van der Waals surface area contributed by atoms with Crippen molar-refractivity contribution in [3.63, 3.8) is 0 Å². The van der Waals surface area contributed by atoms with Gasteiger partial charge in [-0.25, -0.2) is 0 Å². The minimum absolute atomic E-state index is 0.0350. The van der Waals surface area contributed by atoms with Crippen molar-refractivity contribution in [1.82, 2.24) is 4.90 Å². The highest BCUT2D eigenvalue weighted by Crippen LogP contribution is 2.34. The number of aliphatic hydroxyl groups excluding tert-OH is 1. The van der Waals surface area contributed by atoms with E-state index < -0.39 is 0 Å². The number of rotatable bonds is 4. The Morgan fingerprint density at radius 1 is 1.23 bits per heavy atom. The minimum Gasteiger partial charge on any atom is -0.391 e. The van der Waals surface area contributed by atoms with Crippen molar-refractivity contribution in [1.29, 1.82) is 0 Å². The smallest absolute Gasteiger partial charge is 0.0695 e. The molecule has 2 atom stereocenters. The summed E-state index contributed by atoms with van der Waals surface area (Å²) in [4.78, 5) is 2.57. The largest absolute Gasteiger partial charge is 0.391 e. The third-order valence-corrected chi connectivity index (χ3v) is 3.37. The van der Waals surface area contributed by atoms with E-state index >= 15 is 0 Å². The molecule has 0 amide bonds. The van der Waals surface area contributed by atoms with Crippen LogP contribution in [0.4, 0.5) is 0 Å². The van der Waals surface area contributed by atoms with Crippen LogP contribution >= 0.6 is 0 Å². The number of hydrogen-bond acceptors (Lipinski definition) is 2. The molecule has 0 radical (unpaired) electrons. The monoisotopic (exact) mass is 183 g/mol. The molecule has 0 saturated heterocycles. The Labute approximate surface area is 80.9 Å². The maximum atomic E-state index is 9.82. The first-order valence-electron chi connectivity index (χ1n) is 5.76. The van der Waals surface area contributed by atoms with Gasteiger partial charge in [-0.3, -0.25) is 4.90 Å². The summed E-state index contributed by atoms with van der Waals surface area (Å²) in [5.74, 6) is 0. The average molecular weight is 183 g/mol. The predicted molar refractivity (Wildman–Crippen MR) is 53.7 cm³/mol. The van der Waals surface area contributed by atoms with E-state index in [-0.39, 0.29) is 6.10 Å². The van der Waals surface area contributed by atoms with Crippen LogP contribution in [0.15, 0.2) is 0 Å². The lowest BCUT2D eigenvalue weighted by atomic mass is 10.1. The van der Waals surface area contributed by atoms with Gasteiger partial charge in [0.2, 0.25) is 0 Å². The third kappa shape index (κ3) is 2.05. The second-order valence-corrected chi connectivity index (χ2v) is 4.53. The summed E-state index contributed by atoms with van der Waals surface area (Å²) in [5, 5.41) is 9.82. The van der Waals surface area contributed by atoms with Crippen molar-refractivity contribution in [2.75, 3.05) is 6.54 Å². The number of aliphatic hydroxyl groups is 1. The van der Waals surface area contributed by atoms with Gasteiger partial charge in [0.15, 0.2) is 0 Å².